The van der Waals surface area contributed by atoms with E-state index >= 15 is 0 Å². The first-order valence-electron chi connectivity index (χ1n) is 9.08. The number of imide groups is 1. The summed E-state index contributed by atoms with van der Waals surface area (Å²) < 4.78 is 0. The van der Waals surface area contributed by atoms with E-state index in [1.54, 1.807) is 31.2 Å². The minimum Gasteiger partial charge on any atom is -0.355 e. The number of carbonyl (C=O) groups excluding carboxylic acids is 4. The zero-order valence-electron chi connectivity index (χ0n) is 15.5. The minimum atomic E-state index is -1.05. The normalized spacial score (nSPS) is 13.8. The Morgan fingerprint density at radius 3 is 2.04 bits per heavy atom. The van der Waals surface area contributed by atoms with Gasteiger partial charge < -0.3 is 10.6 Å². The summed E-state index contributed by atoms with van der Waals surface area (Å²) in [6.07, 6.45) is 0.160. The van der Waals surface area contributed by atoms with Crippen LogP contribution in [0.5, 0.6) is 0 Å². The molecular weight excluding hydrogens is 358 g/mol. The molecule has 0 aliphatic carbocycles. The van der Waals surface area contributed by atoms with E-state index in [0.717, 1.165) is 10.5 Å². The Labute approximate surface area is 162 Å². The highest BCUT2D eigenvalue weighted by molar-refractivity contribution is 6.22. The molecule has 0 bridgehead atoms. The van der Waals surface area contributed by atoms with Crippen molar-refractivity contribution in [3.63, 3.8) is 0 Å². The summed E-state index contributed by atoms with van der Waals surface area (Å²) in [4.78, 5) is 51.2. The van der Waals surface area contributed by atoms with Crippen molar-refractivity contribution in [2.24, 2.45) is 0 Å². The van der Waals surface area contributed by atoms with Crippen molar-refractivity contribution in [2.45, 2.75) is 19.4 Å². The van der Waals surface area contributed by atoms with Gasteiger partial charge in [-0.25, -0.2) is 0 Å². The van der Waals surface area contributed by atoms with E-state index in [1.807, 2.05) is 30.3 Å². The average molecular weight is 379 g/mol. The van der Waals surface area contributed by atoms with Gasteiger partial charge >= 0.3 is 0 Å². The topological polar surface area (TPSA) is 95.6 Å². The second-order valence-corrected chi connectivity index (χ2v) is 6.40. The molecule has 2 aromatic rings. The van der Waals surface area contributed by atoms with Crippen molar-refractivity contribution < 1.29 is 19.2 Å². The second kappa shape index (κ2) is 8.47. The molecule has 28 heavy (non-hydrogen) atoms. The molecule has 1 aliphatic heterocycles. The number of hydrogen-bond donors (Lipinski definition) is 2. The summed E-state index contributed by atoms with van der Waals surface area (Å²) in [5.74, 6) is -1.90. The molecule has 0 aromatic heterocycles. The Kier molecular flexibility index (Phi) is 5.84. The van der Waals surface area contributed by atoms with Gasteiger partial charge in [0.25, 0.3) is 11.8 Å². The number of benzene rings is 2. The van der Waals surface area contributed by atoms with Gasteiger partial charge in [-0.05, 0) is 24.6 Å². The summed E-state index contributed by atoms with van der Waals surface area (Å²) in [5.41, 5.74) is 1.36. The third-order valence-electron chi connectivity index (χ3n) is 4.51. The lowest BCUT2D eigenvalue weighted by Crippen LogP contribution is -2.52. The maximum Gasteiger partial charge on any atom is 0.262 e. The van der Waals surface area contributed by atoms with E-state index in [9.17, 15) is 19.2 Å². The lowest BCUT2D eigenvalue weighted by Gasteiger charge is -2.25. The molecule has 144 valence electrons. The second-order valence-electron chi connectivity index (χ2n) is 6.40. The van der Waals surface area contributed by atoms with Crippen molar-refractivity contribution in [1.29, 1.82) is 0 Å². The van der Waals surface area contributed by atoms with E-state index in [0.29, 0.717) is 6.54 Å². The number of hydrogen-bond acceptors (Lipinski definition) is 4. The Bertz CT molecular complexity index is 876. The molecule has 0 unspecified atom stereocenters. The molecule has 1 atom stereocenters. The Morgan fingerprint density at radius 2 is 1.46 bits per heavy atom. The first-order chi connectivity index (χ1) is 13.5. The van der Waals surface area contributed by atoms with E-state index in [1.165, 1.54) is 0 Å². The Balaban J connectivity index is 1.86. The number of rotatable bonds is 7. The molecular formula is C21H21N3O4. The van der Waals surface area contributed by atoms with Crippen LogP contribution in [0.3, 0.4) is 0 Å². The quantitative estimate of drug-likeness (QED) is 0.706. The van der Waals surface area contributed by atoms with Gasteiger partial charge in [0.05, 0.1) is 17.7 Å². The van der Waals surface area contributed by atoms with Gasteiger partial charge in [0, 0.05) is 13.0 Å². The molecule has 0 spiro atoms. The van der Waals surface area contributed by atoms with Gasteiger partial charge in [0.1, 0.15) is 6.04 Å². The fourth-order valence-electron chi connectivity index (χ4n) is 3.17. The van der Waals surface area contributed by atoms with Gasteiger partial charge in [0.15, 0.2) is 0 Å². The van der Waals surface area contributed by atoms with E-state index in [2.05, 4.69) is 10.6 Å². The Morgan fingerprint density at radius 1 is 0.893 bits per heavy atom. The molecule has 0 fully saturated rings. The number of nitrogens with one attached hydrogen (secondary N) is 2. The van der Waals surface area contributed by atoms with Gasteiger partial charge in [-0.1, -0.05) is 42.5 Å². The number of fused-ring (bicyclic) bond motifs is 1. The average Bonchev–Trinajstić information content (AvgIpc) is 2.96. The van der Waals surface area contributed by atoms with Crippen LogP contribution in [0.4, 0.5) is 0 Å². The highest BCUT2D eigenvalue weighted by Gasteiger charge is 2.42. The molecule has 3 rings (SSSR count). The summed E-state index contributed by atoms with van der Waals surface area (Å²) in [7, 11) is 0. The first-order valence-corrected chi connectivity index (χ1v) is 9.08. The third-order valence-corrected chi connectivity index (χ3v) is 4.51. The van der Waals surface area contributed by atoms with Gasteiger partial charge in [0.2, 0.25) is 11.8 Å². The predicted molar refractivity (Wildman–Crippen MR) is 103 cm³/mol. The lowest BCUT2D eigenvalue weighted by molar-refractivity contribution is -0.128. The number of carbonyl (C=O) groups is 4. The van der Waals surface area contributed by atoms with E-state index < -0.39 is 23.8 Å². The maximum atomic E-state index is 12.8. The van der Waals surface area contributed by atoms with Crippen LogP contribution in [0.15, 0.2) is 54.6 Å². The van der Waals surface area contributed by atoms with Gasteiger partial charge in [-0.2, -0.15) is 0 Å². The third kappa shape index (κ3) is 3.93. The lowest BCUT2D eigenvalue weighted by atomic mass is 10.0. The van der Waals surface area contributed by atoms with Gasteiger partial charge in [-0.3, -0.25) is 24.1 Å². The number of amides is 4. The van der Waals surface area contributed by atoms with Crippen LogP contribution < -0.4 is 10.6 Å². The van der Waals surface area contributed by atoms with Crippen molar-refractivity contribution >= 4 is 23.6 Å². The maximum absolute atomic E-state index is 12.8. The van der Waals surface area contributed by atoms with Crippen LogP contribution in [0.25, 0.3) is 0 Å². The smallest absolute Gasteiger partial charge is 0.262 e. The number of nitrogens with zero attached hydrogens (tertiary/aromatic N) is 1. The van der Waals surface area contributed by atoms with Crippen LogP contribution in [-0.2, 0) is 16.0 Å². The molecule has 4 amide bonds. The standard InChI is InChI=1S/C21H21N3O4/c1-2-22-18(25)13-23-19(26)17(12-14-8-4-3-5-9-14)24-20(27)15-10-6-7-11-16(15)21(24)28/h3-11,17H,2,12-13H2,1H3,(H,22,25)(H,23,26)/t17-/m0/s1. The summed E-state index contributed by atoms with van der Waals surface area (Å²) in [6.45, 7) is 2.00. The fourth-order valence-corrected chi connectivity index (χ4v) is 3.17. The van der Waals surface area contributed by atoms with Crippen LogP contribution in [0.2, 0.25) is 0 Å². The molecule has 1 heterocycles. The van der Waals surface area contributed by atoms with Crippen molar-refractivity contribution in [3.05, 3.63) is 71.3 Å². The molecule has 2 N–H and O–H groups in total. The van der Waals surface area contributed by atoms with Crippen LogP contribution >= 0.6 is 0 Å². The Hall–Kier alpha value is -3.48. The molecule has 1 aliphatic rings. The van der Waals surface area contributed by atoms with E-state index in [4.69, 9.17) is 0 Å². The monoisotopic (exact) mass is 379 g/mol. The zero-order chi connectivity index (χ0) is 20.1. The van der Waals surface area contributed by atoms with Crippen LogP contribution in [-0.4, -0.2) is 47.7 Å². The summed E-state index contributed by atoms with van der Waals surface area (Å²) >= 11 is 0. The summed E-state index contributed by atoms with van der Waals surface area (Å²) in [5, 5.41) is 5.12. The molecule has 2 aromatic carbocycles. The predicted octanol–water partition coefficient (Wildman–Crippen LogP) is 1.15. The van der Waals surface area contributed by atoms with E-state index in [-0.39, 0.29) is 30.0 Å². The molecule has 0 saturated heterocycles. The molecule has 7 heteroatoms. The highest BCUT2D eigenvalue weighted by atomic mass is 16.2. The SMILES string of the molecule is CCNC(=O)CNC(=O)[C@H](Cc1ccccc1)N1C(=O)c2ccccc2C1=O. The minimum absolute atomic E-state index is 0.160. The highest BCUT2D eigenvalue weighted by Crippen LogP contribution is 2.26. The van der Waals surface area contributed by atoms with Crippen molar-refractivity contribution in [2.75, 3.05) is 13.1 Å². The molecule has 0 radical (unpaired) electrons. The largest absolute Gasteiger partial charge is 0.355 e. The van der Waals surface area contributed by atoms with Crippen LogP contribution in [0.1, 0.15) is 33.2 Å². The zero-order valence-corrected chi connectivity index (χ0v) is 15.5. The molecule has 7 nitrogen and oxygen atoms in total. The molecule has 0 saturated carbocycles. The first kappa shape index (κ1) is 19.3. The number of likely N-dealkylation sites (N-methyl/N-ethyl adjacent to an activating group) is 1. The van der Waals surface area contributed by atoms with Crippen molar-refractivity contribution in [1.82, 2.24) is 15.5 Å². The summed E-state index contributed by atoms with van der Waals surface area (Å²) in [6, 6.07) is 14.6. The van der Waals surface area contributed by atoms with Crippen molar-refractivity contribution in [3.8, 4) is 0 Å². The van der Waals surface area contributed by atoms with Crippen LogP contribution in [0, 0.1) is 0 Å². The fraction of sp³-hybridized carbons (Fsp3) is 0.238. The van der Waals surface area contributed by atoms with Gasteiger partial charge in [-0.15, -0.1) is 0 Å².